The zero-order valence-electron chi connectivity index (χ0n) is 19.0. The maximum absolute atomic E-state index is 12.6. The number of aliphatic hydroxyl groups is 1. The summed E-state index contributed by atoms with van der Waals surface area (Å²) in [7, 11) is 0. The van der Waals surface area contributed by atoms with Crippen LogP contribution in [0, 0.1) is 0 Å². The molecule has 2 amide bonds. The number of aliphatic hydroxyl groups excluding tert-OH is 1. The summed E-state index contributed by atoms with van der Waals surface area (Å²) in [4.78, 5) is 28.8. The molecule has 4 rings (SSSR count). The zero-order valence-corrected chi connectivity index (χ0v) is 20.6. The lowest BCUT2D eigenvalue weighted by Crippen LogP contribution is -2.28. The van der Waals surface area contributed by atoms with Crippen LogP contribution in [0.25, 0.3) is 10.1 Å². The highest BCUT2D eigenvalue weighted by molar-refractivity contribution is 7.17. The average molecular weight is 527 g/mol. The van der Waals surface area contributed by atoms with Gasteiger partial charge in [0, 0.05) is 40.4 Å². The van der Waals surface area contributed by atoms with Gasteiger partial charge in [0.1, 0.15) is 18.2 Å². The molecule has 9 nitrogen and oxygen atoms in total. The first kappa shape index (κ1) is 25.2. The molecule has 0 saturated heterocycles. The molecule has 36 heavy (non-hydrogen) atoms. The number of carbonyl (C=O) groups excluding carboxylic acids is 2. The largest absolute Gasteiger partial charge is 0.489 e. The molecule has 0 aliphatic rings. The van der Waals surface area contributed by atoms with E-state index in [2.05, 4.69) is 15.6 Å². The summed E-state index contributed by atoms with van der Waals surface area (Å²) >= 11 is 7.24. The van der Waals surface area contributed by atoms with Crippen molar-refractivity contribution in [3.63, 3.8) is 0 Å². The van der Waals surface area contributed by atoms with E-state index in [9.17, 15) is 9.59 Å². The number of aromatic nitrogens is 1. The van der Waals surface area contributed by atoms with Gasteiger partial charge in [0.2, 0.25) is 0 Å². The Hall–Kier alpha value is -3.86. The van der Waals surface area contributed by atoms with Gasteiger partial charge in [0.05, 0.1) is 10.9 Å². The fourth-order valence-electron chi connectivity index (χ4n) is 3.32. The van der Waals surface area contributed by atoms with Crippen molar-refractivity contribution in [3.05, 3.63) is 76.3 Å². The van der Waals surface area contributed by atoms with Crippen molar-refractivity contribution < 1.29 is 24.2 Å². The number of nitrogen functional groups attached to an aromatic ring is 1. The molecule has 0 spiro atoms. The second kappa shape index (κ2) is 11.7. The average Bonchev–Trinajstić information content (AvgIpc) is 3.31. The number of rotatable bonds is 9. The minimum absolute atomic E-state index is 0.0296. The molecule has 5 N–H and O–H groups in total. The molecule has 0 atom stereocenters. The number of ether oxygens (including phenoxy) is 2. The first-order valence-electron chi connectivity index (χ1n) is 11.0. The first-order valence-corrected chi connectivity index (χ1v) is 12.2. The van der Waals surface area contributed by atoms with E-state index in [0.29, 0.717) is 45.1 Å². The number of nitrogens with zero attached hydrogens (tertiary/aromatic N) is 1. The van der Waals surface area contributed by atoms with Crippen molar-refractivity contribution in [1.29, 1.82) is 0 Å². The van der Waals surface area contributed by atoms with Gasteiger partial charge >= 0.3 is 6.09 Å². The van der Waals surface area contributed by atoms with Gasteiger partial charge in [0.15, 0.2) is 5.75 Å². The van der Waals surface area contributed by atoms with Crippen LogP contribution >= 0.6 is 22.9 Å². The van der Waals surface area contributed by atoms with Crippen molar-refractivity contribution in [2.45, 2.75) is 13.0 Å². The monoisotopic (exact) mass is 526 g/mol. The molecule has 186 valence electrons. The van der Waals surface area contributed by atoms with Gasteiger partial charge in [-0.15, -0.1) is 11.3 Å². The lowest BCUT2D eigenvalue weighted by Gasteiger charge is -2.10. The normalized spacial score (nSPS) is 10.7. The Morgan fingerprint density at radius 1 is 1.17 bits per heavy atom. The summed E-state index contributed by atoms with van der Waals surface area (Å²) in [5, 5.41) is 17.3. The molecule has 0 bridgehead atoms. The molecule has 0 radical (unpaired) electrons. The third-order valence-electron chi connectivity index (χ3n) is 5.07. The number of nitrogens with one attached hydrogen (secondary N) is 2. The minimum Gasteiger partial charge on any atom is -0.489 e. The van der Waals surface area contributed by atoms with E-state index in [1.807, 2.05) is 5.38 Å². The summed E-state index contributed by atoms with van der Waals surface area (Å²) < 4.78 is 12.0. The van der Waals surface area contributed by atoms with Crippen molar-refractivity contribution in [3.8, 4) is 11.5 Å². The predicted molar refractivity (Wildman–Crippen MR) is 140 cm³/mol. The van der Waals surface area contributed by atoms with Crippen molar-refractivity contribution >= 4 is 56.5 Å². The van der Waals surface area contributed by atoms with Crippen molar-refractivity contribution in [2.24, 2.45) is 0 Å². The Balaban J connectivity index is 1.45. The number of amides is 2. The summed E-state index contributed by atoms with van der Waals surface area (Å²) in [6, 6.07) is 13.7. The fourth-order valence-corrected chi connectivity index (χ4v) is 4.45. The van der Waals surface area contributed by atoms with Crippen LogP contribution in [0.2, 0.25) is 5.02 Å². The maximum Gasteiger partial charge on any atom is 0.412 e. The van der Waals surface area contributed by atoms with Crippen LogP contribution in [-0.4, -0.2) is 35.2 Å². The third kappa shape index (κ3) is 6.22. The number of anilines is 2. The summed E-state index contributed by atoms with van der Waals surface area (Å²) in [5.41, 5.74) is 7.94. The van der Waals surface area contributed by atoms with Gasteiger partial charge in [-0.2, -0.15) is 0 Å². The highest BCUT2D eigenvalue weighted by Gasteiger charge is 2.16. The fraction of sp³-hybridized carbons (Fsp3) is 0.160. The maximum atomic E-state index is 12.6. The number of pyridine rings is 1. The molecule has 2 heterocycles. The van der Waals surface area contributed by atoms with Crippen LogP contribution in [0.4, 0.5) is 16.3 Å². The van der Waals surface area contributed by atoms with E-state index in [4.69, 9.17) is 31.9 Å². The van der Waals surface area contributed by atoms with Gasteiger partial charge in [-0.1, -0.05) is 17.7 Å². The highest BCUT2D eigenvalue weighted by atomic mass is 35.5. The molecule has 0 saturated carbocycles. The van der Waals surface area contributed by atoms with Gasteiger partial charge in [-0.25, -0.2) is 9.78 Å². The Morgan fingerprint density at radius 2 is 1.97 bits per heavy atom. The van der Waals surface area contributed by atoms with Crippen molar-refractivity contribution in [2.75, 3.05) is 24.2 Å². The number of benzene rings is 2. The summed E-state index contributed by atoms with van der Waals surface area (Å²) in [5.74, 6) is 0.781. The van der Waals surface area contributed by atoms with Crippen LogP contribution in [-0.2, 0) is 6.61 Å². The quantitative estimate of drug-likeness (QED) is 0.229. The molecule has 4 aromatic rings. The number of halogens is 1. The van der Waals surface area contributed by atoms with Crippen LogP contribution in [0.15, 0.2) is 60.1 Å². The summed E-state index contributed by atoms with van der Waals surface area (Å²) in [6.45, 7) is 0.430. The smallest absolute Gasteiger partial charge is 0.412 e. The molecule has 0 unspecified atom stereocenters. The van der Waals surface area contributed by atoms with E-state index in [1.54, 1.807) is 48.5 Å². The molecular weight excluding hydrogens is 504 g/mol. The van der Waals surface area contributed by atoms with E-state index < -0.39 is 6.09 Å². The molecule has 0 aliphatic heterocycles. The molecule has 11 heteroatoms. The standard InChI is InChI=1S/C25H23ClN4O5S/c26-17-5-7-18(8-6-17)30-24(32)15-3-1-4-19(11-15)34-13-16-14-36-22-20(12-29-23(27)21(16)22)35-25(33)28-9-2-10-31/h1,3-8,11-12,14,31H,2,9-10,13H2,(H2,27,29)(H,28,33)(H,30,32). The number of fused-ring (bicyclic) bond motifs is 1. The second-order valence-electron chi connectivity index (χ2n) is 7.64. The van der Waals surface area contributed by atoms with Gasteiger partial charge in [0.25, 0.3) is 5.91 Å². The van der Waals surface area contributed by atoms with E-state index >= 15 is 0 Å². The third-order valence-corrected chi connectivity index (χ3v) is 6.36. The minimum atomic E-state index is -0.642. The molecule has 0 fully saturated rings. The predicted octanol–water partition coefficient (Wildman–Crippen LogP) is 4.83. The second-order valence-corrected chi connectivity index (χ2v) is 8.96. The molecular formula is C25H23ClN4O5S. The number of thiophene rings is 1. The van der Waals surface area contributed by atoms with E-state index in [-0.39, 0.29) is 30.7 Å². The lowest BCUT2D eigenvalue weighted by atomic mass is 10.2. The highest BCUT2D eigenvalue weighted by Crippen LogP contribution is 2.37. The molecule has 2 aromatic carbocycles. The van der Waals surface area contributed by atoms with Crippen molar-refractivity contribution in [1.82, 2.24) is 10.3 Å². The van der Waals surface area contributed by atoms with Crippen LogP contribution < -0.4 is 25.8 Å². The Kier molecular flexibility index (Phi) is 8.21. The van der Waals surface area contributed by atoms with E-state index in [1.165, 1.54) is 17.5 Å². The van der Waals surface area contributed by atoms with Gasteiger partial charge < -0.3 is 30.9 Å². The van der Waals surface area contributed by atoms with Gasteiger partial charge in [-0.3, -0.25) is 4.79 Å². The Morgan fingerprint density at radius 3 is 2.75 bits per heavy atom. The number of hydrogen-bond acceptors (Lipinski definition) is 8. The Labute approximate surface area is 215 Å². The zero-order chi connectivity index (χ0) is 25.5. The number of carbonyl (C=O) groups is 2. The SMILES string of the molecule is Nc1ncc(OC(=O)NCCCO)c2scc(COc3cccc(C(=O)Nc4ccc(Cl)cc4)c3)c12. The summed E-state index contributed by atoms with van der Waals surface area (Å²) in [6.07, 6.45) is 1.18. The molecule has 0 aliphatic carbocycles. The first-order chi connectivity index (χ1) is 17.4. The number of hydrogen-bond donors (Lipinski definition) is 4. The van der Waals surface area contributed by atoms with Crippen LogP contribution in [0.5, 0.6) is 11.5 Å². The molecule has 2 aromatic heterocycles. The van der Waals surface area contributed by atoms with Crippen LogP contribution in [0.3, 0.4) is 0 Å². The van der Waals surface area contributed by atoms with E-state index in [0.717, 1.165) is 5.56 Å². The topological polar surface area (TPSA) is 136 Å². The number of nitrogens with two attached hydrogens (primary N) is 1. The van der Waals surface area contributed by atoms with Gasteiger partial charge in [-0.05, 0) is 54.3 Å². The Bertz CT molecular complexity index is 1380. The van der Waals surface area contributed by atoms with Crippen LogP contribution in [0.1, 0.15) is 22.3 Å². The lowest BCUT2D eigenvalue weighted by molar-refractivity contribution is 0.102.